The predicted octanol–water partition coefficient (Wildman–Crippen LogP) is 2.06. The average Bonchev–Trinajstić information content (AvgIpc) is 2.81. The second-order valence-electron chi connectivity index (χ2n) is 5.06. The zero-order valence-electron chi connectivity index (χ0n) is 10.6. The first-order valence-electron chi connectivity index (χ1n) is 6.31. The van der Waals surface area contributed by atoms with Gasteiger partial charge in [0.25, 0.3) is 0 Å². The number of nitrogens with two attached hydrogens (primary N) is 1. The van der Waals surface area contributed by atoms with Crippen LogP contribution in [0.25, 0.3) is 0 Å². The van der Waals surface area contributed by atoms with E-state index in [1.54, 1.807) is 11.4 Å². The van der Waals surface area contributed by atoms with E-state index in [2.05, 4.69) is 11.6 Å². The molecule has 0 aliphatic heterocycles. The third-order valence-corrected chi connectivity index (χ3v) is 6.48. The van der Waals surface area contributed by atoms with Gasteiger partial charge in [0.15, 0.2) is 0 Å². The summed E-state index contributed by atoms with van der Waals surface area (Å²) in [5.41, 5.74) is 6.37. The Labute approximate surface area is 113 Å². The molecule has 1 aliphatic rings. The Morgan fingerprint density at radius 2 is 2.06 bits per heavy atom. The molecule has 3 N–H and O–H groups in total. The molecule has 0 atom stereocenters. The minimum absolute atomic E-state index is 0.0922. The van der Waals surface area contributed by atoms with Crippen molar-refractivity contribution in [1.82, 2.24) is 4.72 Å². The standard InChI is InChI=1S/C12H20N2O2S2/c1-9-2-4-11(5-3-9)14-18(15,16)12-6-10(7-13)8-17-12/h6,8-9,11,14H,2-5,7,13H2,1H3. The second-order valence-corrected chi connectivity index (χ2v) is 7.91. The number of hydrogen-bond donors (Lipinski definition) is 2. The van der Waals surface area contributed by atoms with Crippen molar-refractivity contribution in [3.63, 3.8) is 0 Å². The van der Waals surface area contributed by atoms with E-state index in [-0.39, 0.29) is 6.04 Å². The Morgan fingerprint density at radius 1 is 1.39 bits per heavy atom. The summed E-state index contributed by atoms with van der Waals surface area (Å²) in [5.74, 6) is 0.719. The lowest BCUT2D eigenvalue weighted by atomic mass is 9.88. The van der Waals surface area contributed by atoms with Crippen LogP contribution in [0.1, 0.15) is 38.2 Å². The van der Waals surface area contributed by atoms with Crippen molar-refractivity contribution < 1.29 is 8.42 Å². The SMILES string of the molecule is CC1CCC(NS(=O)(=O)c2cc(CN)cs2)CC1. The molecule has 1 aromatic heterocycles. The van der Waals surface area contributed by atoms with Crippen LogP contribution in [0, 0.1) is 5.92 Å². The van der Waals surface area contributed by atoms with Crippen molar-refractivity contribution >= 4 is 21.4 Å². The molecule has 0 bridgehead atoms. The fraction of sp³-hybridized carbons (Fsp3) is 0.667. The minimum Gasteiger partial charge on any atom is -0.326 e. The minimum atomic E-state index is -3.35. The van der Waals surface area contributed by atoms with Crippen LogP contribution in [-0.2, 0) is 16.6 Å². The Bertz CT molecular complexity index is 488. The fourth-order valence-corrected chi connectivity index (χ4v) is 4.80. The van der Waals surface area contributed by atoms with Crippen LogP contribution < -0.4 is 10.5 Å². The van der Waals surface area contributed by atoms with Gasteiger partial charge in [-0.25, -0.2) is 13.1 Å². The van der Waals surface area contributed by atoms with E-state index in [1.165, 1.54) is 11.3 Å². The highest BCUT2D eigenvalue weighted by atomic mass is 32.2. The molecule has 1 fully saturated rings. The number of hydrogen-bond acceptors (Lipinski definition) is 4. The maximum atomic E-state index is 12.2. The Morgan fingerprint density at radius 3 is 2.61 bits per heavy atom. The molecule has 2 rings (SSSR count). The molecule has 0 aromatic carbocycles. The van der Waals surface area contributed by atoms with E-state index < -0.39 is 10.0 Å². The van der Waals surface area contributed by atoms with Gasteiger partial charge in [-0.2, -0.15) is 0 Å². The number of thiophene rings is 1. The van der Waals surface area contributed by atoms with Gasteiger partial charge in [0, 0.05) is 12.6 Å². The second kappa shape index (κ2) is 5.69. The van der Waals surface area contributed by atoms with Gasteiger partial charge in [0.1, 0.15) is 4.21 Å². The summed E-state index contributed by atoms with van der Waals surface area (Å²) in [6.07, 6.45) is 4.09. The van der Waals surface area contributed by atoms with E-state index in [1.807, 2.05) is 0 Å². The van der Waals surface area contributed by atoms with E-state index in [9.17, 15) is 8.42 Å². The van der Waals surface area contributed by atoms with E-state index in [0.29, 0.717) is 10.8 Å². The summed E-state index contributed by atoms with van der Waals surface area (Å²) in [6.45, 7) is 2.60. The van der Waals surface area contributed by atoms with Gasteiger partial charge in [-0.05, 0) is 48.6 Å². The van der Waals surface area contributed by atoms with Crippen LogP contribution in [-0.4, -0.2) is 14.5 Å². The first-order valence-corrected chi connectivity index (χ1v) is 8.67. The number of sulfonamides is 1. The average molecular weight is 288 g/mol. The van der Waals surface area contributed by atoms with Crippen LogP contribution in [0.4, 0.5) is 0 Å². The summed E-state index contributed by atoms with van der Waals surface area (Å²) in [7, 11) is -3.35. The smallest absolute Gasteiger partial charge is 0.250 e. The predicted molar refractivity (Wildman–Crippen MR) is 74.0 cm³/mol. The Balaban J connectivity index is 2.03. The van der Waals surface area contributed by atoms with Crippen molar-refractivity contribution in [3.8, 4) is 0 Å². The zero-order valence-corrected chi connectivity index (χ0v) is 12.2. The van der Waals surface area contributed by atoms with Crippen molar-refractivity contribution in [2.24, 2.45) is 11.7 Å². The molecule has 0 amide bonds. The molecule has 0 radical (unpaired) electrons. The fourth-order valence-electron chi connectivity index (χ4n) is 2.26. The van der Waals surface area contributed by atoms with E-state index in [0.717, 1.165) is 37.2 Å². The summed E-state index contributed by atoms with van der Waals surface area (Å²) < 4.78 is 27.5. The van der Waals surface area contributed by atoms with E-state index in [4.69, 9.17) is 5.73 Å². The number of nitrogens with one attached hydrogen (secondary N) is 1. The van der Waals surface area contributed by atoms with Gasteiger partial charge in [0.05, 0.1) is 0 Å². The Hall–Kier alpha value is -0.430. The lowest BCUT2D eigenvalue weighted by Gasteiger charge is -2.26. The largest absolute Gasteiger partial charge is 0.326 e. The lowest BCUT2D eigenvalue weighted by molar-refractivity contribution is 0.332. The number of rotatable bonds is 4. The quantitative estimate of drug-likeness (QED) is 0.891. The van der Waals surface area contributed by atoms with Gasteiger partial charge >= 0.3 is 0 Å². The van der Waals surface area contributed by atoms with Gasteiger partial charge in [0.2, 0.25) is 10.0 Å². The van der Waals surface area contributed by atoms with Crippen LogP contribution in [0.2, 0.25) is 0 Å². The first kappa shape index (κ1) is 14.0. The van der Waals surface area contributed by atoms with Crippen LogP contribution in [0.15, 0.2) is 15.7 Å². The van der Waals surface area contributed by atoms with Crippen molar-refractivity contribution in [3.05, 3.63) is 17.0 Å². The molecule has 0 saturated heterocycles. The molecule has 1 saturated carbocycles. The van der Waals surface area contributed by atoms with Gasteiger partial charge in [-0.15, -0.1) is 11.3 Å². The van der Waals surface area contributed by atoms with Gasteiger partial charge < -0.3 is 5.73 Å². The summed E-state index contributed by atoms with van der Waals surface area (Å²) in [5, 5.41) is 1.80. The maximum absolute atomic E-state index is 12.2. The molecular formula is C12H20N2O2S2. The molecule has 18 heavy (non-hydrogen) atoms. The topological polar surface area (TPSA) is 72.2 Å². The summed E-state index contributed by atoms with van der Waals surface area (Å²) in [4.78, 5) is 0. The first-order chi connectivity index (χ1) is 8.51. The highest BCUT2D eigenvalue weighted by molar-refractivity contribution is 7.91. The van der Waals surface area contributed by atoms with Gasteiger partial charge in [-0.1, -0.05) is 6.92 Å². The van der Waals surface area contributed by atoms with Crippen molar-refractivity contribution in [1.29, 1.82) is 0 Å². The molecule has 6 heteroatoms. The van der Waals surface area contributed by atoms with Crippen molar-refractivity contribution in [2.45, 2.75) is 49.4 Å². The Kier molecular flexibility index (Phi) is 4.42. The molecular weight excluding hydrogens is 268 g/mol. The highest BCUT2D eigenvalue weighted by Crippen LogP contribution is 2.26. The van der Waals surface area contributed by atoms with E-state index >= 15 is 0 Å². The molecule has 1 heterocycles. The highest BCUT2D eigenvalue weighted by Gasteiger charge is 2.24. The van der Waals surface area contributed by atoms with Crippen molar-refractivity contribution in [2.75, 3.05) is 0 Å². The molecule has 1 aromatic rings. The molecule has 0 unspecified atom stereocenters. The van der Waals surface area contributed by atoms with Crippen LogP contribution in [0.3, 0.4) is 0 Å². The molecule has 0 spiro atoms. The molecule has 1 aliphatic carbocycles. The monoisotopic (exact) mass is 288 g/mol. The third kappa shape index (κ3) is 3.32. The van der Waals surface area contributed by atoms with Gasteiger partial charge in [-0.3, -0.25) is 0 Å². The summed E-state index contributed by atoms with van der Waals surface area (Å²) in [6, 6.07) is 1.76. The normalized spacial score (nSPS) is 25.2. The van der Waals surface area contributed by atoms with Crippen LogP contribution in [0.5, 0.6) is 0 Å². The molecule has 102 valence electrons. The zero-order chi connectivity index (χ0) is 13.2. The molecule has 4 nitrogen and oxygen atoms in total. The lowest BCUT2D eigenvalue weighted by Crippen LogP contribution is -2.36. The maximum Gasteiger partial charge on any atom is 0.250 e. The van der Waals surface area contributed by atoms with Crippen LogP contribution >= 0.6 is 11.3 Å². The summed E-state index contributed by atoms with van der Waals surface area (Å²) >= 11 is 1.24. The third-order valence-electron chi connectivity index (χ3n) is 3.47.